The third-order valence-electron chi connectivity index (χ3n) is 3.12. The van der Waals surface area contributed by atoms with E-state index in [2.05, 4.69) is 19.9 Å². The van der Waals surface area contributed by atoms with Gasteiger partial charge in [0.05, 0.1) is 6.61 Å². The summed E-state index contributed by atoms with van der Waals surface area (Å²) >= 11 is 5.90. The maximum absolute atomic E-state index is 8.97. The normalized spacial score (nSPS) is 18.9. The van der Waals surface area contributed by atoms with E-state index in [1.807, 2.05) is 6.92 Å². The molecule has 2 heterocycles. The van der Waals surface area contributed by atoms with Crippen molar-refractivity contribution in [3.8, 4) is 6.01 Å². The summed E-state index contributed by atoms with van der Waals surface area (Å²) in [6, 6.07) is 0.280. The summed E-state index contributed by atoms with van der Waals surface area (Å²) in [5, 5.41) is 9.12. The van der Waals surface area contributed by atoms with Crippen molar-refractivity contribution >= 4 is 17.5 Å². The second-order valence-corrected chi connectivity index (χ2v) is 4.99. The van der Waals surface area contributed by atoms with E-state index >= 15 is 0 Å². The molecule has 106 valence electrons. The Bertz CT molecular complexity index is 419. The molecule has 1 aromatic rings. The van der Waals surface area contributed by atoms with Crippen molar-refractivity contribution in [3.63, 3.8) is 0 Å². The number of ether oxygens (including phenoxy) is 1. The molecule has 1 atom stereocenters. The van der Waals surface area contributed by atoms with E-state index < -0.39 is 0 Å². The fourth-order valence-electron chi connectivity index (χ4n) is 2.15. The Morgan fingerprint density at radius 2 is 2.26 bits per heavy atom. The van der Waals surface area contributed by atoms with Crippen LogP contribution in [0.1, 0.15) is 26.2 Å². The summed E-state index contributed by atoms with van der Waals surface area (Å²) in [4.78, 5) is 14.4. The fourth-order valence-corrected chi connectivity index (χ4v) is 2.30. The van der Waals surface area contributed by atoms with E-state index in [0.717, 1.165) is 32.4 Å². The first-order chi connectivity index (χ1) is 9.22. The predicted molar refractivity (Wildman–Crippen MR) is 72.6 cm³/mol. The molecule has 0 aliphatic carbocycles. The molecule has 1 N–H and O–H groups in total. The Hall–Kier alpha value is -1.14. The average Bonchev–Trinajstić information content (AvgIpc) is 2.85. The summed E-state index contributed by atoms with van der Waals surface area (Å²) in [6.45, 7) is 4.52. The molecule has 0 amide bonds. The molecule has 1 saturated heterocycles. The van der Waals surface area contributed by atoms with Gasteiger partial charge < -0.3 is 14.7 Å². The summed E-state index contributed by atoms with van der Waals surface area (Å²) in [5.41, 5.74) is 0. The van der Waals surface area contributed by atoms with Crippen LogP contribution in [0.3, 0.4) is 0 Å². The number of aliphatic hydroxyl groups is 1. The van der Waals surface area contributed by atoms with E-state index in [1.54, 1.807) is 0 Å². The van der Waals surface area contributed by atoms with Gasteiger partial charge in [-0.1, -0.05) is 6.92 Å². The Morgan fingerprint density at radius 3 is 3.00 bits per heavy atom. The van der Waals surface area contributed by atoms with Gasteiger partial charge in [0.15, 0.2) is 0 Å². The van der Waals surface area contributed by atoms with E-state index in [9.17, 15) is 0 Å². The molecule has 19 heavy (non-hydrogen) atoms. The Kier molecular flexibility index (Phi) is 5.15. The molecule has 0 bridgehead atoms. The van der Waals surface area contributed by atoms with Crippen molar-refractivity contribution in [3.05, 3.63) is 5.28 Å². The molecule has 1 fully saturated rings. The number of halogens is 1. The van der Waals surface area contributed by atoms with E-state index in [1.165, 1.54) is 0 Å². The molecule has 6 nitrogen and oxygen atoms in total. The highest BCUT2D eigenvalue weighted by atomic mass is 35.5. The van der Waals surface area contributed by atoms with E-state index in [0.29, 0.717) is 18.5 Å². The Labute approximate surface area is 117 Å². The number of aliphatic hydroxyl groups excluding tert-OH is 1. The van der Waals surface area contributed by atoms with Crippen LogP contribution in [0.5, 0.6) is 6.01 Å². The van der Waals surface area contributed by atoms with Crippen LogP contribution in [0.2, 0.25) is 5.28 Å². The van der Waals surface area contributed by atoms with E-state index in [4.69, 9.17) is 21.4 Å². The summed E-state index contributed by atoms with van der Waals surface area (Å²) < 4.78 is 5.40. The minimum absolute atomic E-state index is 0.154. The summed E-state index contributed by atoms with van der Waals surface area (Å²) in [7, 11) is 0. The lowest BCUT2D eigenvalue weighted by Gasteiger charge is -2.16. The number of rotatable bonds is 6. The van der Waals surface area contributed by atoms with Crippen LogP contribution in [0, 0.1) is 5.92 Å². The number of anilines is 1. The molecule has 0 aromatic carbocycles. The van der Waals surface area contributed by atoms with Crippen molar-refractivity contribution < 1.29 is 9.84 Å². The van der Waals surface area contributed by atoms with Gasteiger partial charge in [0, 0.05) is 19.7 Å². The average molecular weight is 287 g/mol. The monoisotopic (exact) mass is 286 g/mol. The predicted octanol–water partition coefficient (Wildman–Crippen LogP) is 1.52. The van der Waals surface area contributed by atoms with Crippen molar-refractivity contribution in [2.75, 3.05) is 31.2 Å². The third-order valence-corrected chi connectivity index (χ3v) is 3.29. The van der Waals surface area contributed by atoms with Crippen molar-refractivity contribution in [2.24, 2.45) is 5.92 Å². The minimum atomic E-state index is 0.154. The second kappa shape index (κ2) is 6.86. The Morgan fingerprint density at radius 1 is 1.42 bits per heavy atom. The highest BCUT2D eigenvalue weighted by Gasteiger charge is 2.24. The molecule has 1 aliphatic rings. The largest absolute Gasteiger partial charge is 0.463 e. The van der Waals surface area contributed by atoms with Crippen LogP contribution in [-0.2, 0) is 0 Å². The molecule has 1 aliphatic heterocycles. The summed E-state index contributed by atoms with van der Waals surface area (Å²) in [6.07, 6.45) is 2.74. The maximum Gasteiger partial charge on any atom is 0.322 e. The van der Waals surface area contributed by atoms with Gasteiger partial charge in [0.1, 0.15) is 0 Å². The minimum Gasteiger partial charge on any atom is -0.463 e. The molecule has 0 radical (unpaired) electrons. The molecule has 1 aromatic heterocycles. The van der Waals surface area contributed by atoms with Crippen molar-refractivity contribution in [2.45, 2.75) is 26.2 Å². The van der Waals surface area contributed by atoms with Gasteiger partial charge in [-0.15, -0.1) is 0 Å². The number of nitrogens with zero attached hydrogens (tertiary/aromatic N) is 4. The topological polar surface area (TPSA) is 71.4 Å². The molecule has 0 spiro atoms. The first-order valence-electron chi connectivity index (χ1n) is 6.63. The maximum atomic E-state index is 8.97. The highest BCUT2D eigenvalue weighted by Crippen LogP contribution is 2.24. The van der Waals surface area contributed by atoms with Gasteiger partial charge in [-0.25, -0.2) is 0 Å². The molecule has 1 unspecified atom stereocenters. The molecule has 7 heteroatoms. The van der Waals surface area contributed by atoms with Gasteiger partial charge in [0.2, 0.25) is 11.2 Å². The van der Waals surface area contributed by atoms with Gasteiger partial charge in [-0.05, 0) is 36.8 Å². The first-order valence-corrected chi connectivity index (χ1v) is 7.01. The van der Waals surface area contributed by atoms with Gasteiger partial charge in [-0.3, -0.25) is 0 Å². The standard InChI is InChI=1S/C12H19ClN4O2/c1-2-7-19-12-15-10(13)14-11(16-12)17-5-3-9(8-17)4-6-18/h9,18H,2-8H2,1H3. The van der Waals surface area contributed by atoms with Crippen LogP contribution in [0.25, 0.3) is 0 Å². The van der Waals surface area contributed by atoms with Crippen LogP contribution >= 0.6 is 11.6 Å². The lowest BCUT2D eigenvalue weighted by molar-refractivity contribution is 0.263. The number of hydrogen-bond acceptors (Lipinski definition) is 6. The fraction of sp³-hybridized carbons (Fsp3) is 0.750. The molecule has 2 rings (SSSR count). The molecular weight excluding hydrogens is 268 g/mol. The van der Waals surface area contributed by atoms with E-state index in [-0.39, 0.29) is 17.9 Å². The smallest absolute Gasteiger partial charge is 0.322 e. The lowest BCUT2D eigenvalue weighted by Crippen LogP contribution is -2.23. The zero-order valence-electron chi connectivity index (χ0n) is 11.0. The Balaban J connectivity index is 2.05. The van der Waals surface area contributed by atoms with Gasteiger partial charge in [-0.2, -0.15) is 15.0 Å². The van der Waals surface area contributed by atoms with Crippen LogP contribution in [0.4, 0.5) is 5.95 Å². The van der Waals surface area contributed by atoms with Gasteiger partial charge >= 0.3 is 6.01 Å². The third kappa shape index (κ3) is 3.91. The highest BCUT2D eigenvalue weighted by molar-refractivity contribution is 6.28. The van der Waals surface area contributed by atoms with Crippen LogP contribution in [-0.4, -0.2) is 46.4 Å². The molecular formula is C12H19ClN4O2. The zero-order valence-corrected chi connectivity index (χ0v) is 11.8. The summed E-state index contributed by atoms with van der Waals surface area (Å²) in [5.74, 6) is 1.05. The SMILES string of the molecule is CCCOc1nc(Cl)nc(N2CCC(CCO)C2)n1. The molecule has 0 saturated carbocycles. The second-order valence-electron chi connectivity index (χ2n) is 4.65. The first kappa shape index (κ1) is 14.3. The van der Waals surface area contributed by atoms with Crippen molar-refractivity contribution in [1.29, 1.82) is 0 Å². The van der Waals surface area contributed by atoms with Crippen LogP contribution in [0.15, 0.2) is 0 Å². The lowest BCUT2D eigenvalue weighted by atomic mass is 10.1. The van der Waals surface area contributed by atoms with Crippen molar-refractivity contribution in [1.82, 2.24) is 15.0 Å². The van der Waals surface area contributed by atoms with Crippen LogP contribution < -0.4 is 9.64 Å². The van der Waals surface area contributed by atoms with Gasteiger partial charge in [0.25, 0.3) is 0 Å². The quantitative estimate of drug-likeness (QED) is 0.855. The number of aromatic nitrogens is 3. The number of hydrogen-bond donors (Lipinski definition) is 1. The zero-order chi connectivity index (χ0) is 13.7.